The van der Waals surface area contributed by atoms with Gasteiger partial charge in [0.2, 0.25) is 0 Å². The molecule has 80 valence electrons. The van der Waals surface area contributed by atoms with Crippen LogP contribution in [0.1, 0.15) is 59.9 Å². The third kappa shape index (κ3) is 1.33. The van der Waals surface area contributed by atoms with Crippen LogP contribution in [0, 0.1) is 0 Å². The number of fused-ring (bicyclic) bond motifs is 1. The van der Waals surface area contributed by atoms with Gasteiger partial charge in [0, 0.05) is 11.3 Å². The van der Waals surface area contributed by atoms with Crippen molar-refractivity contribution in [3.8, 4) is 0 Å². The Hall–Kier alpha value is -1.12. The van der Waals surface area contributed by atoms with E-state index in [1.165, 1.54) is 43.4 Å². The van der Waals surface area contributed by atoms with E-state index in [9.17, 15) is 4.79 Å². The molecule has 2 aliphatic rings. The molecule has 2 aliphatic carbocycles. The second-order valence-electron chi connectivity index (χ2n) is 4.66. The average Bonchev–Trinajstić information content (AvgIpc) is 2.55. The van der Waals surface area contributed by atoms with Gasteiger partial charge in [0.15, 0.2) is 6.29 Å². The number of rotatable bonds is 2. The summed E-state index contributed by atoms with van der Waals surface area (Å²) in [4.78, 5) is 10.9. The van der Waals surface area contributed by atoms with Gasteiger partial charge in [0.1, 0.15) is 5.69 Å². The first-order valence-corrected chi connectivity index (χ1v) is 5.95. The van der Waals surface area contributed by atoms with Crippen LogP contribution in [0.15, 0.2) is 0 Å². The molecule has 1 fully saturated rings. The monoisotopic (exact) mass is 204 g/mol. The molecule has 1 saturated carbocycles. The minimum atomic E-state index is 0.588. The Kier molecular flexibility index (Phi) is 2.11. The maximum atomic E-state index is 10.9. The van der Waals surface area contributed by atoms with Gasteiger partial charge in [-0.3, -0.25) is 9.48 Å². The number of nitrogens with zero attached hydrogens (tertiary/aromatic N) is 2. The first-order valence-electron chi connectivity index (χ1n) is 5.95. The summed E-state index contributed by atoms with van der Waals surface area (Å²) in [6, 6.07) is 0.588. The molecule has 3 rings (SSSR count). The van der Waals surface area contributed by atoms with E-state index < -0.39 is 0 Å². The summed E-state index contributed by atoms with van der Waals surface area (Å²) in [7, 11) is 0. The predicted octanol–water partition coefficient (Wildman–Crippen LogP) is 2.30. The zero-order valence-electron chi connectivity index (χ0n) is 8.91. The van der Waals surface area contributed by atoms with Crippen molar-refractivity contribution in [2.75, 3.05) is 0 Å². The Morgan fingerprint density at radius 3 is 2.67 bits per heavy atom. The van der Waals surface area contributed by atoms with Crippen molar-refractivity contribution >= 4 is 6.29 Å². The van der Waals surface area contributed by atoms with E-state index in [0.717, 1.165) is 19.1 Å². The van der Waals surface area contributed by atoms with Gasteiger partial charge in [0.25, 0.3) is 0 Å². The van der Waals surface area contributed by atoms with Gasteiger partial charge in [0.05, 0.1) is 6.04 Å². The lowest BCUT2D eigenvalue weighted by Crippen LogP contribution is -2.21. The maximum Gasteiger partial charge on any atom is 0.170 e. The quantitative estimate of drug-likeness (QED) is 0.693. The second kappa shape index (κ2) is 3.47. The lowest BCUT2D eigenvalue weighted by Gasteiger charge is -2.28. The molecule has 15 heavy (non-hydrogen) atoms. The highest BCUT2D eigenvalue weighted by Gasteiger charge is 2.27. The van der Waals surface area contributed by atoms with E-state index in [4.69, 9.17) is 0 Å². The van der Waals surface area contributed by atoms with Crippen LogP contribution < -0.4 is 0 Å². The number of carbonyl (C=O) groups is 1. The van der Waals surface area contributed by atoms with Crippen molar-refractivity contribution in [2.24, 2.45) is 0 Å². The summed E-state index contributed by atoms with van der Waals surface area (Å²) >= 11 is 0. The van der Waals surface area contributed by atoms with Crippen molar-refractivity contribution in [2.45, 2.75) is 51.0 Å². The molecular formula is C12H16N2O. The van der Waals surface area contributed by atoms with Crippen molar-refractivity contribution in [1.29, 1.82) is 0 Å². The Labute approximate surface area is 89.5 Å². The van der Waals surface area contributed by atoms with Crippen LogP contribution in [0.5, 0.6) is 0 Å². The van der Waals surface area contributed by atoms with Gasteiger partial charge < -0.3 is 0 Å². The molecule has 0 bridgehead atoms. The average molecular weight is 204 g/mol. The Morgan fingerprint density at radius 1 is 1.20 bits per heavy atom. The SMILES string of the molecule is O=Cc1nn(C2CCC2)c2c1CCCC2. The smallest absolute Gasteiger partial charge is 0.170 e. The van der Waals surface area contributed by atoms with Crippen molar-refractivity contribution in [3.05, 3.63) is 17.0 Å². The topological polar surface area (TPSA) is 34.9 Å². The van der Waals surface area contributed by atoms with E-state index >= 15 is 0 Å². The van der Waals surface area contributed by atoms with E-state index in [0.29, 0.717) is 11.7 Å². The molecule has 0 spiro atoms. The van der Waals surface area contributed by atoms with E-state index in [1.807, 2.05) is 0 Å². The first kappa shape index (κ1) is 9.13. The summed E-state index contributed by atoms with van der Waals surface area (Å²) in [6.07, 6.45) is 9.37. The summed E-state index contributed by atoms with van der Waals surface area (Å²) in [5.41, 5.74) is 3.30. The number of aromatic nitrogens is 2. The molecule has 0 amide bonds. The molecule has 0 radical (unpaired) electrons. The molecule has 0 aromatic carbocycles. The van der Waals surface area contributed by atoms with Crippen LogP contribution in [0.2, 0.25) is 0 Å². The Bertz CT molecular complexity index is 391. The minimum absolute atomic E-state index is 0.588. The van der Waals surface area contributed by atoms with Crippen LogP contribution in [0.3, 0.4) is 0 Å². The van der Waals surface area contributed by atoms with Crippen LogP contribution in [0.4, 0.5) is 0 Å². The van der Waals surface area contributed by atoms with E-state index in [-0.39, 0.29) is 0 Å². The molecule has 0 atom stereocenters. The lowest BCUT2D eigenvalue weighted by molar-refractivity contribution is 0.111. The van der Waals surface area contributed by atoms with Crippen LogP contribution >= 0.6 is 0 Å². The molecule has 0 aliphatic heterocycles. The highest BCUT2D eigenvalue weighted by atomic mass is 16.1. The highest BCUT2D eigenvalue weighted by Crippen LogP contribution is 2.35. The maximum absolute atomic E-state index is 10.9. The zero-order chi connectivity index (χ0) is 10.3. The van der Waals surface area contributed by atoms with Gasteiger partial charge in [-0.05, 0) is 44.9 Å². The lowest BCUT2D eigenvalue weighted by atomic mass is 9.91. The predicted molar refractivity (Wildman–Crippen MR) is 57.1 cm³/mol. The molecule has 1 heterocycles. The molecule has 3 nitrogen and oxygen atoms in total. The highest BCUT2D eigenvalue weighted by molar-refractivity contribution is 5.75. The van der Waals surface area contributed by atoms with Gasteiger partial charge in [-0.25, -0.2) is 0 Å². The molecule has 0 unspecified atom stereocenters. The standard InChI is InChI=1S/C12H16N2O/c15-8-11-10-6-1-2-7-12(10)14(13-11)9-4-3-5-9/h8-9H,1-7H2. The second-order valence-corrected chi connectivity index (χ2v) is 4.66. The number of aldehydes is 1. The summed E-state index contributed by atoms with van der Waals surface area (Å²) in [6.45, 7) is 0. The fourth-order valence-electron chi connectivity index (χ4n) is 2.68. The van der Waals surface area contributed by atoms with Crippen LogP contribution in [0.25, 0.3) is 0 Å². The molecule has 0 saturated heterocycles. The largest absolute Gasteiger partial charge is 0.296 e. The van der Waals surface area contributed by atoms with E-state index in [1.54, 1.807) is 0 Å². The summed E-state index contributed by atoms with van der Waals surface area (Å²) < 4.78 is 2.15. The van der Waals surface area contributed by atoms with Crippen molar-refractivity contribution < 1.29 is 4.79 Å². The zero-order valence-corrected chi connectivity index (χ0v) is 8.91. The van der Waals surface area contributed by atoms with Gasteiger partial charge in [-0.2, -0.15) is 5.10 Å². The van der Waals surface area contributed by atoms with Gasteiger partial charge in [-0.15, -0.1) is 0 Å². The summed E-state index contributed by atoms with van der Waals surface area (Å²) in [5.74, 6) is 0. The van der Waals surface area contributed by atoms with Crippen LogP contribution in [-0.4, -0.2) is 16.1 Å². The molecule has 1 aromatic rings. The molecule has 0 N–H and O–H groups in total. The van der Waals surface area contributed by atoms with Crippen molar-refractivity contribution in [3.63, 3.8) is 0 Å². The van der Waals surface area contributed by atoms with Gasteiger partial charge >= 0.3 is 0 Å². The molecular weight excluding hydrogens is 188 g/mol. The van der Waals surface area contributed by atoms with Crippen LogP contribution in [-0.2, 0) is 12.8 Å². The fourth-order valence-corrected chi connectivity index (χ4v) is 2.68. The van der Waals surface area contributed by atoms with Gasteiger partial charge in [-0.1, -0.05) is 0 Å². The number of hydrogen-bond acceptors (Lipinski definition) is 2. The minimum Gasteiger partial charge on any atom is -0.296 e. The normalized spacial score (nSPS) is 20.8. The molecule has 1 aromatic heterocycles. The number of carbonyl (C=O) groups excluding carboxylic acids is 1. The third-order valence-corrected chi connectivity index (χ3v) is 3.77. The van der Waals surface area contributed by atoms with E-state index in [2.05, 4.69) is 9.78 Å². The Balaban J connectivity index is 2.05. The summed E-state index contributed by atoms with van der Waals surface area (Å²) in [5, 5.41) is 4.48. The number of hydrogen-bond donors (Lipinski definition) is 0. The molecule has 3 heteroatoms. The first-order chi connectivity index (χ1) is 7.40. The van der Waals surface area contributed by atoms with Crippen molar-refractivity contribution in [1.82, 2.24) is 9.78 Å². The third-order valence-electron chi connectivity index (χ3n) is 3.77. The fraction of sp³-hybridized carbons (Fsp3) is 0.667. The Morgan fingerprint density at radius 2 is 2.00 bits per heavy atom.